The van der Waals surface area contributed by atoms with E-state index in [1.807, 2.05) is 20.8 Å². The molecule has 3 heterocycles. The first-order valence-electron chi connectivity index (χ1n) is 19.0. The highest BCUT2D eigenvalue weighted by Crippen LogP contribution is 2.35. The van der Waals surface area contributed by atoms with Gasteiger partial charge in [0, 0.05) is 12.0 Å². The fraction of sp³-hybridized carbons (Fsp3) is 0.921. The molecule has 0 aromatic rings. The van der Waals surface area contributed by atoms with Crippen LogP contribution in [0.25, 0.3) is 0 Å². The van der Waals surface area contributed by atoms with E-state index >= 15 is 0 Å². The molecule has 0 spiro atoms. The first-order valence-corrected chi connectivity index (χ1v) is 19.0. The normalized spacial score (nSPS) is 27.9. The molecular weight excluding hydrogens is 584 g/mol. The zero-order valence-corrected chi connectivity index (χ0v) is 29.6. The quantitative estimate of drug-likeness (QED) is 0.0675. The molecule has 0 saturated carbocycles. The SMILES string of the molecule is CCCCCCCCCCCC[C@H](O)[C@H]1CC[C@H]([C@H](O)CCC[C@@H]2OC(C)(C)O[C@@H]2CCCCC[C@@H](O)CC2=C[C@H](C)OC2=O)O1. The molecule has 3 N–H and O–H groups in total. The molecule has 0 amide bonds. The number of aliphatic hydroxyl groups excluding tert-OH is 3. The summed E-state index contributed by atoms with van der Waals surface area (Å²) in [5.74, 6) is -0.920. The van der Waals surface area contributed by atoms with Crippen LogP contribution in [-0.4, -0.2) is 75.9 Å². The minimum absolute atomic E-state index is 0.00442. The Morgan fingerprint density at radius 3 is 1.80 bits per heavy atom. The van der Waals surface area contributed by atoms with Gasteiger partial charge in [-0.15, -0.1) is 0 Å². The standard InChI is InChI=1S/C38H68O8/c1-5-6-7-8-9-10-11-12-13-16-20-31(40)33-24-25-34(44-33)32(41)21-18-23-36-35(45-38(3,4)46-36)22-17-14-15-19-30(39)27-29-26-28(2)43-37(29)42/h26,28,30-36,39-41H,5-25,27H2,1-4H3/t28-,30+,31-,32+,33+,34+,35+,36-/m0/s1. The summed E-state index contributed by atoms with van der Waals surface area (Å²) in [6, 6.07) is 0. The lowest BCUT2D eigenvalue weighted by Crippen LogP contribution is -2.31. The van der Waals surface area contributed by atoms with Crippen molar-refractivity contribution >= 4 is 5.97 Å². The molecule has 2 saturated heterocycles. The summed E-state index contributed by atoms with van der Waals surface area (Å²) in [7, 11) is 0. The molecule has 0 aliphatic carbocycles. The van der Waals surface area contributed by atoms with Crippen molar-refractivity contribution in [2.45, 2.75) is 224 Å². The fourth-order valence-electron chi connectivity index (χ4n) is 7.43. The topological polar surface area (TPSA) is 115 Å². The number of esters is 1. The number of rotatable bonds is 25. The van der Waals surface area contributed by atoms with E-state index in [2.05, 4.69) is 6.92 Å². The molecule has 8 nitrogen and oxygen atoms in total. The van der Waals surface area contributed by atoms with Gasteiger partial charge in [0.25, 0.3) is 0 Å². The molecule has 3 aliphatic heterocycles. The Kier molecular flexibility index (Phi) is 18.1. The van der Waals surface area contributed by atoms with Crippen LogP contribution in [0.4, 0.5) is 0 Å². The molecule has 2 fully saturated rings. The first kappa shape index (κ1) is 39.4. The zero-order chi connectivity index (χ0) is 33.4. The van der Waals surface area contributed by atoms with Crippen LogP contribution in [0.3, 0.4) is 0 Å². The number of ether oxygens (including phenoxy) is 4. The van der Waals surface area contributed by atoms with Crippen molar-refractivity contribution in [2.75, 3.05) is 0 Å². The van der Waals surface area contributed by atoms with Crippen molar-refractivity contribution in [3.05, 3.63) is 11.6 Å². The van der Waals surface area contributed by atoms with Crippen LogP contribution in [0.1, 0.15) is 169 Å². The summed E-state index contributed by atoms with van der Waals surface area (Å²) in [6.07, 6.45) is 22.1. The van der Waals surface area contributed by atoms with Crippen molar-refractivity contribution in [3.63, 3.8) is 0 Å². The Morgan fingerprint density at radius 2 is 1.24 bits per heavy atom. The fourth-order valence-corrected chi connectivity index (χ4v) is 7.43. The molecule has 268 valence electrons. The average Bonchev–Trinajstić information content (AvgIpc) is 3.70. The molecular formula is C38H68O8. The van der Waals surface area contributed by atoms with Crippen LogP contribution >= 0.6 is 0 Å². The molecule has 8 heteroatoms. The van der Waals surface area contributed by atoms with Gasteiger partial charge >= 0.3 is 5.97 Å². The third-order valence-corrected chi connectivity index (χ3v) is 10.0. The summed E-state index contributed by atoms with van der Waals surface area (Å²) >= 11 is 0. The van der Waals surface area contributed by atoms with Gasteiger partial charge in [-0.3, -0.25) is 0 Å². The highest BCUT2D eigenvalue weighted by Gasteiger charge is 2.41. The average molecular weight is 653 g/mol. The maximum atomic E-state index is 11.8. The van der Waals surface area contributed by atoms with Crippen LogP contribution in [-0.2, 0) is 23.7 Å². The number of carbonyl (C=O) groups excluding carboxylic acids is 1. The van der Waals surface area contributed by atoms with Gasteiger partial charge in [0.15, 0.2) is 5.79 Å². The van der Waals surface area contributed by atoms with E-state index < -0.39 is 24.1 Å². The number of unbranched alkanes of at least 4 members (excludes halogenated alkanes) is 11. The Labute approximate surface area is 280 Å². The van der Waals surface area contributed by atoms with Gasteiger partial charge < -0.3 is 34.3 Å². The largest absolute Gasteiger partial charge is 0.455 e. The predicted molar refractivity (Wildman–Crippen MR) is 181 cm³/mol. The molecule has 8 atom stereocenters. The van der Waals surface area contributed by atoms with Crippen molar-refractivity contribution in [3.8, 4) is 0 Å². The Bertz CT molecular complexity index is 875. The van der Waals surface area contributed by atoms with Gasteiger partial charge in [0.05, 0.1) is 42.7 Å². The van der Waals surface area contributed by atoms with Crippen molar-refractivity contribution in [2.24, 2.45) is 0 Å². The van der Waals surface area contributed by atoms with Crippen LogP contribution in [0, 0.1) is 0 Å². The number of cyclic esters (lactones) is 1. The second kappa shape index (κ2) is 21.1. The lowest BCUT2D eigenvalue weighted by Gasteiger charge is -2.23. The molecule has 46 heavy (non-hydrogen) atoms. The summed E-state index contributed by atoms with van der Waals surface area (Å²) in [5, 5.41) is 32.0. The van der Waals surface area contributed by atoms with E-state index in [0.29, 0.717) is 24.8 Å². The Morgan fingerprint density at radius 1 is 0.739 bits per heavy atom. The van der Waals surface area contributed by atoms with Gasteiger partial charge in [-0.25, -0.2) is 4.79 Å². The monoisotopic (exact) mass is 652 g/mol. The lowest BCUT2D eigenvalue weighted by molar-refractivity contribution is -0.147. The van der Waals surface area contributed by atoms with E-state index in [-0.39, 0.29) is 36.5 Å². The molecule has 0 bridgehead atoms. The highest BCUT2D eigenvalue weighted by molar-refractivity contribution is 5.90. The van der Waals surface area contributed by atoms with Gasteiger partial charge in [0.2, 0.25) is 0 Å². The van der Waals surface area contributed by atoms with Crippen LogP contribution in [0.2, 0.25) is 0 Å². The molecule has 3 aliphatic rings. The van der Waals surface area contributed by atoms with Crippen molar-refractivity contribution in [1.82, 2.24) is 0 Å². The summed E-state index contributed by atoms with van der Waals surface area (Å²) in [6.45, 7) is 8.01. The van der Waals surface area contributed by atoms with Crippen LogP contribution in [0.15, 0.2) is 11.6 Å². The van der Waals surface area contributed by atoms with Crippen LogP contribution in [0.5, 0.6) is 0 Å². The Balaban J connectivity index is 1.24. The number of carbonyl (C=O) groups is 1. The smallest absolute Gasteiger partial charge is 0.334 e. The van der Waals surface area contributed by atoms with Gasteiger partial charge in [0.1, 0.15) is 6.10 Å². The molecule has 0 radical (unpaired) electrons. The summed E-state index contributed by atoms with van der Waals surface area (Å²) in [5.41, 5.74) is 0.586. The number of hydrogen-bond acceptors (Lipinski definition) is 8. The van der Waals surface area contributed by atoms with Gasteiger partial charge in [-0.2, -0.15) is 0 Å². The first-order chi connectivity index (χ1) is 22.1. The van der Waals surface area contributed by atoms with E-state index in [4.69, 9.17) is 18.9 Å². The maximum Gasteiger partial charge on any atom is 0.334 e. The second-order valence-electron chi connectivity index (χ2n) is 14.8. The molecule has 3 rings (SSSR count). The van der Waals surface area contributed by atoms with E-state index in [9.17, 15) is 20.1 Å². The zero-order valence-electron chi connectivity index (χ0n) is 29.6. The third kappa shape index (κ3) is 14.6. The minimum atomic E-state index is -0.614. The van der Waals surface area contributed by atoms with Crippen LogP contribution < -0.4 is 0 Å². The number of hydrogen-bond donors (Lipinski definition) is 3. The van der Waals surface area contributed by atoms with Gasteiger partial charge in [-0.05, 0) is 78.2 Å². The lowest BCUT2D eigenvalue weighted by atomic mass is 9.97. The highest BCUT2D eigenvalue weighted by atomic mass is 16.7. The third-order valence-electron chi connectivity index (χ3n) is 10.0. The summed E-state index contributed by atoms with van der Waals surface area (Å²) in [4.78, 5) is 11.8. The van der Waals surface area contributed by atoms with Crippen molar-refractivity contribution in [1.29, 1.82) is 0 Å². The van der Waals surface area contributed by atoms with Crippen molar-refractivity contribution < 1.29 is 39.1 Å². The van der Waals surface area contributed by atoms with Gasteiger partial charge in [-0.1, -0.05) is 90.4 Å². The van der Waals surface area contributed by atoms with E-state index in [0.717, 1.165) is 64.2 Å². The molecule has 0 aromatic heterocycles. The molecule has 0 aromatic carbocycles. The predicted octanol–water partition coefficient (Wildman–Crippen LogP) is 7.83. The Hall–Kier alpha value is -1.03. The minimum Gasteiger partial charge on any atom is -0.455 e. The maximum absolute atomic E-state index is 11.8. The van der Waals surface area contributed by atoms with E-state index in [1.54, 1.807) is 6.08 Å². The number of aliphatic hydroxyl groups is 3. The second-order valence-corrected chi connectivity index (χ2v) is 14.8. The van der Waals surface area contributed by atoms with E-state index in [1.165, 1.54) is 57.8 Å². The molecule has 0 unspecified atom stereocenters. The summed E-state index contributed by atoms with van der Waals surface area (Å²) < 4.78 is 23.7.